The van der Waals surface area contributed by atoms with Crippen molar-refractivity contribution < 1.29 is 14.2 Å². The molecule has 1 aromatic rings. The number of hydrogen-bond donors (Lipinski definition) is 1. The fourth-order valence-electron chi connectivity index (χ4n) is 2.21. The zero-order valence-corrected chi connectivity index (χ0v) is 9.23. The predicted molar refractivity (Wildman–Crippen MR) is 59.9 cm³/mol. The minimum absolute atomic E-state index is 0.156. The topological polar surface area (TPSA) is 29.5 Å². The summed E-state index contributed by atoms with van der Waals surface area (Å²) >= 11 is 0. The van der Waals surface area contributed by atoms with Gasteiger partial charge in [-0.25, -0.2) is 4.39 Å². The van der Waals surface area contributed by atoms with E-state index in [0.29, 0.717) is 18.3 Å². The largest absolute Gasteiger partial charge is 0.494 e. The second-order valence-electron chi connectivity index (χ2n) is 4.35. The van der Waals surface area contributed by atoms with Crippen molar-refractivity contribution in [1.82, 2.24) is 0 Å². The molecule has 0 amide bonds. The summed E-state index contributed by atoms with van der Waals surface area (Å²) in [6, 6.07) is 6.03. The molecule has 1 N–H and O–H groups in total. The van der Waals surface area contributed by atoms with Crippen LogP contribution in [0.25, 0.3) is 0 Å². The molecule has 0 aliphatic heterocycles. The molecule has 0 radical (unpaired) electrons. The van der Waals surface area contributed by atoms with Crippen LogP contribution in [0.3, 0.4) is 0 Å². The van der Waals surface area contributed by atoms with Crippen LogP contribution in [0.4, 0.5) is 4.39 Å². The van der Waals surface area contributed by atoms with Crippen LogP contribution in [0.15, 0.2) is 24.3 Å². The molecule has 2 nitrogen and oxygen atoms in total. The van der Waals surface area contributed by atoms with E-state index in [0.717, 1.165) is 25.7 Å². The fourth-order valence-corrected chi connectivity index (χ4v) is 2.21. The van der Waals surface area contributed by atoms with E-state index < -0.39 is 0 Å². The second-order valence-corrected chi connectivity index (χ2v) is 4.35. The maximum Gasteiger partial charge on any atom is 0.123 e. The van der Waals surface area contributed by atoms with Crippen LogP contribution in [-0.2, 0) is 0 Å². The van der Waals surface area contributed by atoms with Gasteiger partial charge in [-0.1, -0.05) is 6.42 Å². The number of ether oxygens (including phenoxy) is 1. The number of benzene rings is 1. The molecule has 1 saturated carbocycles. The average Bonchev–Trinajstić information content (AvgIpc) is 2.68. The first-order chi connectivity index (χ1) is 7.75. The Morgan fingerprint density at radius 1 is 1.25 bits per heavy atom. The van der Waals surface area contributed by atoms with Crippen molar-refractivity contribution in [2.24, 2.45) is 5.92 Å². The summed E-state index contributed by atoms with van der Waals surface area (Å²) in [5, 5.41) is 9.62. The highest BCUT2D eigenvalue weighted by Gasteiger charge is 2.24. The molecule has 1 aromatic carbocycles. The summed E-state index contributed by atoms with van der Waals surface area (Å²) in [5.74, 6) is 0.813. The lowest BCUT2D eigenvalue weighted by atomic mass is 10.0. The fraction of sp³-hybridized carbons (Fsp3) is 0.538. The molecule has 1 aliphatic carbocycles. The zero-order valence-electron chi connectivity index (χ0n) is 9.23. The van der Waals surface area contributed by atoms with Gasteiger partial charge in [0, 0.05) is 0 Å². The number of aliphatic hydroxyl groups excluding tert-OH is 1. The summed E-state index contributed by atoms with van der Waals surface area (Å²) in [6.45, 7) is 0.591. The van der Waals surface area contributed by atoms with Gasteiger partial charge in [0.15, 0.2) is 0 Å². The summed E-state index contributed by atoms with van der Waals surface area (Å²) in [6.07, 6.45) is 3.84. The van der Waals surface area contributed by atoms with Gasteiger partial charge in [-0.2, -0.15) is 0 Å². The first kappa shape index (κ1) is 11.4. The first-order valence-corrected chi connectivity index (χ1v) is 5.82. The van der Waals surface area contributed by atoms with E-state index in [1.807, 2.05) is 0 Å². The number of rotatable bonds is 4. The molecular weight excluding hydrogens is 207 g/mol. The highest BCUT2D eigenvalue weighted by Crippen LogP contribution is 2.28. The highest BCUT2D eigenvalue weighted by molar-refractivity contribution is 5.21. The van der Waals surface area contributed by atoms with Gasteiger partial charge in [0.25, 0.3) is 0 Å². The van der Waals surface area contributed by atoms with Gasteiger partial charge in [0.2, 0.25) is 0 Å². The maximum atomic E-state index is 12.6. The first-order valence-electron chi connectivity index (χ1n) is 5.82. The maximum absolute atomic E-state index is 12.6. The van der Waals surface area contributed by atoms with E-state index >= 15 is 0 Å². The van der Waals surface area contributed by atoms with Gasteiger partial charge >= 0.3 is 0 Å². The van der Waals surface area contributed by atoms with Crippen LogP contribution in [0.5, 0.6) is 5.75 Å². The highest BCUT2D eigenvalue weighted by atomic mass is 19.1. The third-order valence-corrected chi connectivity index (χ3v) is 3.19. The molecule has 1 aliphatic rings. The Kier molecular flexibility index (Phi) is 3.78. The van der Waals surface area contributed by atoms with Gasteiger partial charge in [0.1, 0.15) is 11.6 Å². The van der Waals surface area contributed by atoms with Gasteiger partial charge in [-0.05, 0) is 49.4 Å². The Morgan fingerprint density at radius 2 is 2.00 bits per heavy atom. The van der Waals surface area contributed by atoms with E-state index in [2.05, 4.69) is 0 Å². The van der Waals surface area contributed by atoms with Gasteiger partial charge in [-0.15, -0.1) is 0 Å². The molecule has 2 rings (SSSR count). The zero-order chi connectivity index (χ0) is 11.4. The van der Waals surface area contributed by atoms with Crippen molar-refractivity contribution in [3.05, 3.63) is 30.1 Å². The molecule has 3 heteroatoms. The average molecular weight is 224 g/mol. The Balaban J connectivity index is 1.73. The molecule has 88 valence electrons. The van der Waals surface area contributed by atoms with Crippen LogP contribution in [0, 0.1) is 11.7 Å². The Bertz CT molecular complexity index is 323. The van der Waals surface area contributed by atoms with Gasteiger partial charge in [-0.3, -0.25) is 0 Å². The molecule has 0 spiro atoms. The van der Waals surface area contributed by atoms with Crippen LogP contribution in [-0.4, -0.2) is 17.8 Å². The summed E-state index contributed by atoms with van der Waals surface area (Å²) in [7, 11) is 0. The van der Waals surface area contributed by atoms with Crippen molar-refractivity contribution in [3.63, 3.8) is 0 Å². The summed E-state index contributed by atoms with van der Waals surface area (Å²) < 4.78 is 18.1. The van der Waals surface area contributed by atoms with E-state index in [1.165, 1.54) is 12.1 Å². The second kappa shape index (κ2) is 5.30. The smallest absolute Gasteiger partial charge is 0.123 e. The summed E-state index contributed by atoms with van der Waals surface area (Å²) in [4.78, 5) is 0. The molecule has 0 bridgehead atoms. The monoisotopic (exact) mass is 224 g/mol. The van der Waals surface area contributed by atoms with Crippen LogP contribution >= 0.6 is 0 Å². The lowest BCUT2D eigenvalue weighted by Gasteiger charge is -2.14. The van der Waals surface area contributed by atoms with E-state index in [4.69, 9.17) is 4.74 Å². The van der Waals surface area contributed by atoms with Crippen molar-refractivity contribution in [3.8, 4) is 5.75 Å². The van der Waals surface area contributed by atoms with E-state index in [-0.39, 0.29) is 11.9 Å². The standard InChI is InChI=1S/C13H17FO2/c14-11-4-6-12(7-5-11)16-9-8-10-2-1-3-13(10)15/h4-7,10,13,15H,1-3,8-9H2. The Hall–Kier alpha value is -1.09. The number of aliphatic hydroxyl groups is 1. The van der Waals surface area contributed by atoms with Crippen molar-refractivity contribution >= 4 is 0 Å². The predicted octanol–water partition coefficient (Wildman–Crippen LogP) is 2.76. The lowest BCUT2D eigenvalue weighted by molar-refractivity contribution is 0.117. The molecule has 2 unspecified atom stereocenters. The molecule has 0 heterocycles. The SMILES string of the molecule is OC1CCCC1CCOc1ccc(F)cc1. The molecule has 1 fully saturated rings. The van der Waals surface area contributed by atoms with Crippen molar-refractivity contribution in [2.75, 3.05) is 6.61 Å². The van der Waals surface area contributed by atoms with Crippen LogP contribution in [0.1, 0.15) is 25.7 Å². The third kappa shape index (κ3) is 2.95. The van der Waals surface area contributed by atoms with E-state index in [9.17, 15) is 9.50 Å². The van der Waals surface area contributed by atoms with Crippen molar-refractivity contribution in [2.45, 2.75) is 31.8 Å². The molecular formula is C13H17FO2. The number of halogens is 1. The Morgan fingerprint density at radius 3 is 2.62 bits per heavy atom. The molecule has 0 aromatic heterocycles. The third-order valence-electron chi connectivity index (χ3n) is 3.19. The van der Waals surface area contributed by atoms with Crippen LogP contribution in [0.2, 0.25) is 0 Å². The van der Waals surface area contributed by atoms with Gasteiger partial charge in [0.05, 0.1) is 12.7 Å². The van der Waals surface area contributed by atoms with Gasteiger partial charge < -0.3 is 9.84 Å². The molecule has 16 heavy (non-hydrogen) atoms. The van der Waals surface area contributed by atoms with E-state index in [1.54, 1.807) is 12.1 Å². The minimum Gasteiger partial charge on any atom is -0.494 e. The van der Waals surface area contributed by atoms with Crippen LogP contribution < -0.4 is 4.74 Å². The molecule has 0 saturated heterocycles. The Labute approximate surface area is 95.1 Å². The molecule has 2 atom stereocenters. The van der Waals surface area contributed by atoms with Crippen molar-refractivity contribution in [1.29, 1.82) is 0 Å². The lowest BCUT2D eigenvalue weighted by Crippen LogP contribution is -2.16. The summed E-state index contributed by atoms with van der Waals surface area (Å²) in [5.41, 5.74) is 0. The number of hydrogen-bond acceptors (Lipinski definition) is 2. The minimum atomic E-state index is -0.251. The normalized spacial score (nSPS) is 24.6. The quantitative estimate of drug-likeness (QED) is 0.852.